The Morgan fingerprint density at radius 3 is 2.49 bits per heavy atom. The van der Waals surface area contributed by atoms with Gasteiger partial charge in [-0.3, -0.25) is 4.79 Å². The number of likely N-dealkylation sites (N-methyl/N-ethyl adjacent to an activating group) is 1. The summed E-state index contributed by atoms with van der Waals surface area (Å²) in [5.41, 5.74) is 5.03. The van der Waals surface area contributed by atoms with Crippen LogP contribution in [-0.2, 0) is 4.79 Å². The first-order valence-electron chi connectivity index (χ1n) is 12.0. The highest BCUT2D eigenvalue weighted by atomic mass is 19.4. The lowest BCUT2D eigenvalue weighted by Crippen LogP contribution is -2.34. The highest BCUT2D eigenvalue weighted by Crippen LogP contribution is 2.31. The first-order chi connectivity index (χ1) is 18.6. The van der Waals surface area contributed by atoms with Gasteiger partial charge >= 0.3 is 12.1 Å². The number of aromatic nitrogens is 2. The number of halogens is 3. The van der Waals surface area contributed by atoms with Gasteiger partial charge in [0.25, 0.3) is 5.91 Å². The molecule has 206 valence electrons. The van der Waals surface area contributed by atoms with Crippen molar-refractivity contribution in [2.24, 2.45) is 0 Å². The molecule has 1 amide bonds. The van der Waals surface area contributed by atoms with Gasteiger partial charge in [-0.15, -0.1) is 0 Å². The molecule has 5 rings (SSSR count). The molecule has 12 heteroatoms. The van der Waals surface area contributed by atoms with Crippen molar-refractivity contribution < 1.29 is 37.0 Å². The molecule has 1 aliphatic heterocycles. The maximum absolute atomic E-state index is 13.6. The van der Waals surface area contributed by atoms with E-state index < -0.39 is 12.1 Å². The summed E-state index contributed by atoms with van der Waals surface area (Å²) in [6, 6.07) is 14.0. The third-order valence-electron chi connectivity index (χ3n) is 6.33. The fraction of sp³-hybridized carbons (Fsp3) is 0.296. The quantitative estimate of drug-likeness (QED) is 0.398. The number of amides is 1. The number of pyridine rings is 1. The van der Waals surface area contributed by atoms with Crippen LogP contribution in [0.3, 0.4) is 0 Å². The Morgan fingerprint density at radius 1 is 1.05 bits per heavy atom. The van der Waals surface area contributed by atoms with E-state index in [0.29, 0.717) is 11.3 Å². The summed E-state index contributed by atoms with van der Waals surface area (Å²) in [5, 5.41) is 7.12. The van der Waals surface area contributed by atoms with E-state index in [4.69, 9.17) is 19.1 Å². The molecule has 1 aromatic carbocycles. The molecule has 4 aromatic rings. The van der Waals surface area contributed by atoms with Gasteiger partial charge in [0.1, 0.15) is 17.7 Å². The number of hydrogen-bond donors (Lipinski definition) is 1. The van der Waals surface area contributed by atoms with E-state index in [1.807, 2.05) is 51.9 Å². The number of carbonyl (C=O) groups excluding carboxylic acids is 1. The van der Waals surface area contributed by atoms with Gasteiger partial charge < -0.3 is 28.5 Å². The Balaban J connectivity index is 0.000000448. The third kappa shape index (κ3) is 6.40. The van der Waals surface area contributed by atoms with Crippen LogP contribution in [0.4, 0.5) is 13.2 Å². The summed E-state index contributed by atoms with van der Waals surface area (Å²) in [6.45, 7) is 3.34. The first-order valence-corrected chi connectivity index (χ1v) is 12.0. The number of nitrogens with zero attached hydrogens (tertiary/aromatic N) is 4. The lowest BCUT2D eigenvalue weighted by atomic mass is 10.1. The molecular formula is C27H27F3N4O5. The molecule has 0 aliphatic carbocycles. The van der Waals surface area contributed by atoms with Gasteiger partial charge in [-0.05, 0) is 55.4 Å². The molecule has 0 spiro atoms. The van der Waals surface area contributed by atoms with Crippen molar-refractivity contribution in [1.82, 2.24) is 19.2 Å². The van der Waals surface area contributed by atoms with Crippen LogP contribution in [0.5, 0.6) is 5.75 Å². The molecule has 0 unspecified atom stereocenters. The van der Waals surface area contributed by atoms with Crippen molar-refractivity contribution in [3.8, 4) is 28.3 Å². The van der Waals surface area contributed by atoms with Gasteiger partial charge in [-0.1, -0.05) is 18.2 Å². The minimum atomic E-state index is -5.08. The SMILES string of the molecule is COc1cccc(-c2ccc3cc(C(=O)N4CCCN(C)CC4)c(-c4cocn4)n3c2)c1.O=C(O)C(F)(F)F. The number of ether oxygens (including phenoxy) is 1. The topological polar surface area (TPSA) is 101 Å². The lowest BCUT2D eigenvalue weighted by Gasteiger charge is -2.20. The first kappa shape index (κ1) is 27.7. The Labute approximate surface area is 222 Å². The second-order valence-corrected chi connectivity index (χ2v) is 8.98. The zero-order valence-corrected chi connectivity index (χ0v) is 21.3. The maximum Gasteiger partial charge on any atom is 0.490 e. The van der Waals surface area contributed by atoms with Crippen molar-refractivity contribution >= 4 is 17.4 Å². The molecule has 1 fully saturated rings. The average molecular weight is 545 g/mol. The van der Waals surface area contributed by atoms with Crippen molar-refractivity contribution in [1.29, 1.82) is 0 Å². The number of rotatable bonds is 4. The summed E-state index contributed by atoms with van der Waals surface area (Å²) in [4.78, 5) is 31.1. The molecule has 3 aromatic heterocycles. The van der Waals surface area contributed by atoms with E-state index >= 15 is 0 Å². The highest BCUT2D eigenvalue weighted by molar-refractivity contribution is 6.02. The van der Waals surface area contributed by atoms with Crippen molar-refractivity contribution in [3.63, 3.8) is 0 Å². The standard InChI is InChI=1S/C25H26N4O3.C2HF3O2/c1-27-9-4-10-28(12-11-27)25(30)22-14-20-8-7-19(18-5-3-6-21(13-18)31-2)15-29(20)24(22)23-16-32-17-26-23;3-2(4,5)1(6)7/h3,5-8,13-17H,4,9-12H2,1-2H3;(H,6,7). The summed E-state index contributed by atoms with van der Waals surface area (Å²) < 4.78 is 44.4. The number of alkyl halides is 3. The van der Waals surface area contributed by atoms with E-state index in [-0.39, 0.29) is 5.91 Å². The van der Waals surface area contributed by atoms with Gasteiger partial charge in [0.2, 0.25) is 0 Å². The van der Waals surface area contributed by atoms with Crippen molar-refractivity contribution in [2.45, 2.75) is 12.6 Å². The van der Waals surface area contributed by atoms with Crippen LogP contribution in [0, 0.1) is 0 Å². The zero-order chi connectivity index (χ0) is 28.2. The lowest BCUT2D eigenvalue weighted by molar-refractivity contribution is -0.192. The summed E-state index contributed by atoms with van der Waals surface area (Å²) in [5.74, 6) is -1.92. The Hall–Kier alpha value is -4.32. The molecule has 0 saturated carbocycles. The number of carboxylic acid groups (broad SMARTS) is 1. The van der Waals surface area contributed by atoms with Gasteiger partial charge in [0, 0.05) is 31.3 Å². The summed E-state index contributed by atoms with van der Waals surface area (Å²) >= 11 is 0. The highest BCUT2D eigenvalue weighted by Gasteiger charge is 2.38. The zero-order valence-electron chi connectivity index (χ0n) is 21.3. The number of aliphatic carboxylic acids is 1. The molecule has 4 heterocycles. The van der Waals surface area contributed by atoms with Crippen LogP contribution >= 0.6 is 0 Å². The number of oxazole rings is 1. The van der Waals surface area contributed by atoms with E-state index in [1.165, 1.54) is 6.39 Å². The van der Waals surface area contributed by atoms with Gasteiger partial charge in [0.05, 0.1) is 18.4 Å². The van der Waals surface area contributed by atoms with Crippen molar-refractivity contribution in [3.05, 3.63) is 66.9 Å². The molecule has 1 saturated heterocycles. The van der Waals surface area contributed by atoms with E-state index in [1.54, 1.807) is 13.4 Å². The molecular weight excluding hydrogens is 517 g/mol. The van der Waals surface area contributed by atoms with Gasteiger partial charge in [-0.25, -0.2) is 9.78 Å². The number of carboxylic acids is 1. The average Bonchev–Trinajstić information content (AvgIpc) is 3.51. The Morgan fingerprint density at radius 2 is 1.82 bits per heavy atom. The second-order valence-electron chi connectivity index (χ2n) is 8.98. The van der Waals surface area contributed by atoms with Gasteiger partial charge in [-0.2, -0.15) is 13.2 Å². The van der Waals surface area contributed by atoms with Crippen LogP contribution < -0.4 is 4.74 Å². The number of fused-ring (bicyclic) bond motifs is 1. The van der Waals surface area contributed by atoms with Crippen LogP contribution in [0.15, 0.2) is 65.7 Å². The molecule has 0 bridgehead atoms. The predicted molar refractivity (Wildman–Crippen MR) is 137 cm³/mol. The molecule has 39 heavy (non-hydrogen) atoms. The molecule has 9 nitrogen and oxygen atoms in total. The second kappa shape index (κ2) is 11.6. The number of benzene rings is 1. The summed E-state index contributed by atoms with van der Waals surface area (Å²) in [6.07, 6.45) is 0.915. The van der Waals surface area contributed by atoms with Crippen LogP contribution in [0.2, 0.25) is 0 Å². The normalized spacial score (nSPS) is 14.4. The van der Waals surface area contributed by atoms with Crippen LogP contribution in [0.1, 0.15) is 16.8 Å². The number of hydrogen-bond acceptors (Lipinski definition) is 6. The molecule has 0 radical (unpaired) electrons. The Bertz CT molecular complexity index is 1450. The number of carbonyl (C=O) groups is 2. The van der Waals surface area contributed by atoms with Crippen LogP contribution in [-0.4, -0.2) is 82.7 Å². The summed E-state index contributed by atoms with van der Waals surface area (Å²) in [7, 11) is 3.76. The van der Waals surface area contributed by atoms with Crippen LogP contribution in [0.25, 0.3) is 28.0 Å². The molecule has 1 aliphatic rings. The monoisotopic (exact) mass is 544 g/mol. The Kier molecular flexibility index (Phi) is 8.24. The maximum atomic E-state index is 13.6. The van der Waals surface area contributed by atoms with E-state index in [9.17, 15) is 18.0 Å². The number of methoxy groups -OCH3 is 1. The van der Waals surface area contributed by atoms with E-state index in [2.05, 4.69) is 23.0 Å². The largest absolute Gasteiger partial charge is 0.497 e. The fourth-order valence-electron chi connectivity index (χ4n) is 4.32. The predicted octanol–water partition coefficient (Wildman–Crippen LogP) is 4.68. The van der Waals surface area contributed by atoms with Gasteiger partial charge in [0.15, 0.2) is 6.39 Å². The van der Waals surface area contributed by atoms with Crippen molar-refractivity contribution in [2.75, 3.05) is 40.3 Å². The smallest absolute Gasteiger partial charge is 0.490 e. The third-order valence-corrected chi connectivity index (χ3v) is 6.33. The minimum Gasteiger partial charge on any atom is -0.497 e. The molecule has 1 N–H and O–H groups in total. The fourth-order valence-corrected chi connectivity index (χ4v) is 4.32. The van der Waals surface area contributed by atoms with E-state index in [0.717, 1.165) is 60.7 Å². The minimum absolute atomic E-state index is 0.0323. The molecule has 0 atom stereocenters.